The first-order valence-corrected chi connectivity index (χ1v) is 6.83. The van der Waals surface area contributed by atoms with E-state index in [0.717, 1.165) is 0 Å². The Morgan fingerprint density at radius 2 is 2.13 bits per heavy atom. The summed E-state index contributed by atoms with van der Waals surface area (Å²) in [6.07, 6.45) is 0. The van der Waals surface area contributed by atoms with Crippen molar-refractivity contribution in [2.75, 3.05) is 13.3 Å². The van der Waals surface area contributed by atoms with Gasteiger partial charge in [0, 0.05) is 25.5 Å². The lowest BCUT2D eigenvalue weighted by Crippen LogP contribution is -1.93. The van der Waals surface area contributed by atoms with Crippen LogP contribution in [0.25, 0.3) is 0 Å². The molecule has 0 aliphatic carbocycles. The maximum atomic E-state index is 11.3. The fraction of sp³-hybridized carbons (Fsp3) is 0.333. The van der Waals surface area contributed by atoms with Crippen LogP contribution in [-0.2, 0) is 15.7 Å². The Morgan fingerprint density at radius 1 is 1.47 bits per heavy atom. The van der Waals surface area contributed by atoms with Crippen molar-refractivity contribution in [1.29, 1.82) is 0 Å². The molecule has 5 nitrogen and oxygen atoms in total. The van der Waals surface area contributed by atoms with Crippen LogP contribution in [0.5, 0.6) is 0 Å². The highest BCUT2D eigenvalue weighted by molar-refractivity contribution is 7.57. The number of nitrogens with zero attached hydrogens (tertiary/aromatic N) is 1. The van der Waals surface area contributed by atoms with Crippen molar-refractivity contribution in [2.45, 2.75) is 6.61 Å². The summed E-state index contributed by atoms with van der Waals surface area (Å²) >= 11 is 0. The maximum Gasteiger partial charge on any atom is 0.269 e. The van der Waals surface area contributed by atoms with E-state index in [4.69, 9.17) is 4.52 Å². The van der Waals surface area contributed by atoms with Crippen LogP contribution in [0.4, 0.5) is 5.69 Å². The lowest BCUT2D eigenvalue weighted by atomic mass is 10.2. The number of hydrogen-bond donors (Lipinski definition) is 0. The third-order valence-electron chi connectivity index (χ3n) is 1.66. The van der Waals surface area contributed by atoms with Crippen LogP contribution in [-0.4, -0.2) is 18.3 Å². The molecule has 0 saturated carbocycles. The highest BCUT2D eigenvalue weighted by atomic mass is 31.2. The number of nitro groups is 1. The van der Waals surface area contributed by atoms with Gasteiger partial charge in [0.15, 0.2) is 7.37 Å². The summed E-state index contributed by atoms with van der Waals surface area (Å²) in [6, 6.07) is 6.09. The van der Waals surface area contributed by atoms with Crippen molar-refractivity contribution in [1.82, 2.24) is 0 Å². The van der Waals surface area contributed by atoms with E-state index in [1.807, 2.05) is 0 Å². The van der Waals surface area contributed by atoms with E-state index in [2.05, 4.69) is 0 Å². The Hall–Kier alpha value is -1.19. The van der Waals surface area contributed by atoms with Crippen LogP contribution in [0, 0.1) is 10.1 Å². The largest absolute Gasteiger partial charge is 0.324 e. The fourth-order valence-corrected chi connectivity index (χ4v) is 1.45. The van der Waals surface area contributed by atoms with Crippen molar-refractivity contribution in [2.24, 2.45) is 0 Å². The molecule has 0 atom stereocenters. The van der Waals surface area contributed by atoms with Gasteiger partial charge in [-0.1, -0.05) is 12.1 Å². The first-order chi connectivity index (χ1) is 6.88. The molecule has 0 saturated heterocycles. The van der Waals surface area contributed by atoms with Gasteiger partial charge in [-0.05, 0) is 5.56 Å². The average Bonchev–Trinajstić information content (AvgIpc) is 2.14. The number of non-ortho nitro benzene ring substituents is 1. The van der Waals surface area contributed by atoms with Gasteiger partial charge < -0.3 is 4.52 Å². The molecule has 0 heterocycles. The molecule has 0 radical (unpaired) electrons. The molecule has 82 valence electrons. The quantitative estimate of drug-likeness (QED) is 0.452. The molecule has 0 aromatic heterocycles. The van der Waals surface area contributed by atoms with Gasteiger partial charge in [-0.25, -0.2) is 0 Å². The van der Waals surface area contributed by atoms with E-state index in [-0.39, 0.29) is 12.3 Å². The van der Waals surface area contributed by atoms with Crippen LogP contribution in [0.2, 0.25) is 0 Å². The molecule has 0 fully saturated rings. The summed E-state index contributed by atoms with van der Waals surface area (Å²) in [4.78, 5) is 9.99. The van der Waals surface area contributed by atoms with Gasteiger partial charge in [0.2, 0.25) is 0 Å². The molecule has 0 spiro atoms. The van der Waals surface area contributed by atoms with Gasteiger partial charge in [-0.15, -0.1) is 0 Å². The van der Waals surface area contributed by atoms with Crippen LogP contribution in [0.1, 0.15) is 5.56 Å². The minimum Gasteiger partial charge on any atom is -0.324 e. The summed E-state index contributed by atoms with van der Waals surface area (Å²) < 4.78 is 16.3. The second-order valence-electron chi connectivity index (χ2n) is 3.45. The Morgan fingerprint density at radius 3 is 2.67 bits per heavy atom. The molecule has 1 rings (SSSR count). The molecule has 0 amide bonds. The molecule has 1 aromatic rings. The molecule has 0 N–H and O–H groups in total. The average molecular weight is 229 g/mol. The summed E-state index contributed by atoms with van der Waals surface area (Å²) in [7, 11) is -2.54. The Balaban J connectivity index is 2.74. The molecular formula is C9H12NO4P. The number of nitro benzene ring substituents is 1. The van der Waals surface area contributed by atoms with Gasteiger partial charge in [0.05, 0.1) is 11.5 Å². The number of benzene rings is 1. The molecular weight excluding hydrogens is 217 g/mol. The summed E-state index contributed by atoms with van der Waals surface area (Å²) in [5.41, 5.74) is 0.659. The second-order valence-corrected chi connectivity index (χ2v) is 6.21. The minimum absolute atomic E-state index is 0.0122. The van der Waals surface area contributed by atoms with Crippen molar-refractivity contribution in [3.8, 4) is 0 Å². The van der Waals surface area contributed by atoms with E-state index in [0.29, 0.717) is 5.56 Å². The minimum atomic E-state index is -2.54. The van der Waals surface area contributed by atoms with Crippen molar-refractivity contribution in [3.63, 3.8) is 0 Å². The smallest absolute Gasteiger partial charge is 0.269 e. The fourth-order valence-electron chi connectivity index (χ4n) is 0.990. The molecule has 1 aromatic carbocycles. The highest BCUT2D eigenvalue weighted by Crippen LogP contribution is 2.38. The van der Waals surface area contributed by atoms with Gasteiger partial charge in [0.1, 0.15) is 0 Å². The standard InChI is InChI=1S/C9H12NO4P/c1-15(2,13)14-7-8-4-3-5-9(6-8)10(11)12/h3-6H,7H2,1-2H3. The number of hydrogen-bond acceptors (Lipinski definition) is 4. The van der Waals surface area contributed by atoms with E-state index >= 15 is 0 Å². The highest BCUT2D eigenvalue weighted by Gasteiger charge is 2.09. The predicted octanol–water partition coefficient (Wildman–Crippen LogP) is 2.65. The van der Waals surface area contributed by atoms with Crippen LogP contribution in [0.15, 0.2) is 24.3 Å². The predicted molar refractivity (Wildman–Crippen MR) is 57.3 cm³/mol. The molecule has 0 aliphatic heterocycles. The topological polar surface area (TPSA) is 69.4 Å². The van der Waals surface area contributed by atoms with Crippen LogP contribution in [0.3, 0.4) is 0 Å². The molecule has 15 heavy (non-hydrogen) atoms. The lowest BCUT2D eigenvalue weighted by Gasteiger charge is -2.07. The zero-order valence-corrected chi connectivity index (χ0v) is 9.44. The molecule has 0 unspecified atom stereocenters. The van der Waals surface area contributed by atoms with E-state index in [1.54, 1.807) is 12.1 Å². The normalized spacial score (nSPS) is 11.3. The van der Waals surface area contributed by atoms with Crippen molar-refractivity contribution < 1.29 is 14.0 Å². The first-order valence-electron chi connectivity index (χ1n) is 4.31. The zero-order valence-electron chi connectivity index (χ0n) is 8.54. The Labute approximate surface area is 87.7 Å². The summed E-state index contributed by atoms with van der Waals surface area (Å²) in [6.45, 7) is 3.14. The maximum absolute atomic E-state index is 11.3. The Bertz CT molecular complexity index is 412. The third-order valence-corrected chi connectivity index (χ3v) is 2.41. The van der Waals surface area contributed by atoms with Crippen molar-refractivity contribution in [3.05, 3.63) is 39.9 Å². The van der Waals surface area contributed by atoms with Crippen LogP contribution < -0.4 is 0 Å². The Kier molecular flexibility index (Phi) is 3.61. The SMILES string of the molecule is CP(C)(=O)OCc1cccc([N+](=O)[O-])c1. The van der Waals surface area contributed by atoms with Gasteiger partial charge >= 0.3 is 0 Å². The second kappa shape index (κ2) is 4.55. The molecule has 0 aliphatic rings. The first kappa shape index (κ1) is 11.9. The van der Waals surface area contributed by atoms with E-state index < -0.39 is 12.3 Å². The van der Waals surface area contributed by atoms with Crippen molar-refractivity contribution >= 4 is 13.1 Å². The van der Waals surface area contributed by atoms with E-state index in [1.165, 1.54) is 25.5 Å². The van der Waals surface area contributed by atoms with Crippen LogP contribution >= 0.6 is 7.37 Å². The zero-order chi connectivity index (χ0) is 11.5. The molecule has 0 bridgehead atoms. The monoisotopic (exact) mass is 229 g/mol. The van der Waals surface area contributed by atoms with Gasteiger partial charge in [0.25, 0.3) is 5.69 Å². The summed E-state index contributed by atoms with van der Waals surface area (Å²) in [5, 5.41) is 10.5. The third kappa shape index (κ3) is 4.23. The van der Waals surface area contributed by atoms with Gasteiger partial charge in [-0.3, -0.25) is 14.7 Å². The summed E-state index contributed by atoms with van der Waals surface area (Å²) in [5.74, 6) is 0. The lowest BCUT2D eigenvalue weighted by molar-refractivity contribution is -0.384. The number of rotatable bonds is 4. The van der Waals surface area contributed by atoms with E-state index in [9.17, 15) is 14.7 Å². The van der Waals surface area contributed by atoms with Gasteiger partial charge in [-0.2, -0.15) is 0 Å². The molecule has 6 heteroatoms.